The molecule has 2 aromatic rings. The van der Waals surface area contributed by atoms with Gasteiger partial charge in [-0.2, -0.15) is 0 Å². The van der Waals surface area contributed by atoms with Crippen molar-refractivity contribution in [3.05, 3.63) is 34.4 Å². The molecule has 0 atom stereocenters. The number of halogens is 1. The van der Waals surface area contributed by atoms with Crippen LogP contribution >= 0.6 is 11.6 Å². The Morgan fingerprint density at radius 1 is 1.40 bits per heavy atom. The molecule has 2 rings (SSSR count). The zero-order valence-electron chi connectivity index (χ0n) is 7.74. The molecule has 78 valence electrons. The van der Waals surface area contributed by atoms with E-state index in [0.717, 1.165) is 0 Å². The van der Waals surface area contributed by atoms with E-state index in [1.165, 1.54) is 6.07 Å². The molecule has 0 saturated heterocycles. The number of rotatable bonds is 3. The Balaban J connectivity index is 2.33. The van der Waals surface area contributed by atoms with Crippen LogP contribution in [0.25, 0.3) is 11.6 Å². The van der Waals surface area contributed by atoms with Gasteiger partial charge in [-0.25, -0.2) is 0 Å². The van der Waals surface area contributed by atoms with Crippen LogP contribution in [0.15, 0.2) is 27.4 Å². The Morgan fingerprint density at radius 2 is 2.27 bits per heavy atom. The lowest BCUT2D eigenvalue weighted by molar-refractivity contribution is 0.512. The summed E-state index contributed by atoms with van der Waals surface area (Å²) < 4.78 is 5.29. The van der Waals surface area contributed by atoms with Gasteiger partial charge < -0.3 is 9.40 Å². The van der Waals surface area contributed by atoms with Gasteiger partial charge in [-0.05, 0) is 6.07 Å². The van der Waals surface area contributed by atoms with Gasteiger partial charge >= 0.3 is 0 Å². The molecule has 0 spiro atoms. The highest BCUT2D eigenvalue weighted by Crippen LogP contribution is 2.13. The highest BCUT2D eigenvalue weighted by atomic mass is 35.5. The van der Waals surface area contributed by atoms with E-state index < -0.39 is 0 Å². The number of alkyl halides is 1. The summed E-state index contributed by atoms with van der Waals surface area (Å²) in [4.78, 5) is 13.6. The Kier molecular flexibility index (Phi) is 2.82. The fraction of sp³-hybridized carbons (Fsp3) is 0.222. The summed E-state index contributed by atoms with van der Waals surface area (Å²) in [6, 6.07) is 4.73. The lowest BCUT2D eigenvalue weighted by atomic mass is 10.3. The van der Waals surface area contributed by atoms with Crippen LogP contribution in [-0.4, -0.2) is 21.1 Å². The fourth-order valence-corrected chi connectivity index (χ4v) is 1.28. The molecule has 0 aromatic carbocycles. The molecule has 0 aliphatic rings. The minimum absolute atomic E-state index is 0.204. The van der Waals surface area contributed by atoms with Gasteiger partial charge in [0.2, 0.25) is 11.4 Å². The quantitative estimate of drug-likeness (QED) is 0.797. The molecule has 15 heavy (non-hydrogen) atoms. The van der Waals surface area contributed by atoms with Gasteiger partial charge in [-0.3, -0.25) is 4.79 Å². The van der Waals surface area contributed by atoms with Crippen molar-refractivity contribution < 1.29 is 4.42 Å². The molecule has 5 nitrogen and oxygen atoms in total. The summed E-state index contributed by atoms with van der Waals surface area (Å²) in [6.45, 7) is 0. The normalized spacial score (nSPS) is 10.5. The molecule has 0 bridgehead atoms. The van der Waals surface area contributed by atoms with E-state index in [2.05, 4.69) is 15.2 Å². The summed E-state index contributed by atoms with van der Waals surface area (Å²) in [7, 11) is 0. The zero-order chi connectivity index (χ0) is 10.7. The van der Waals surface area contributed by atoms with Crippen molar-refractivity contribution >= 4 is 11.6 Å². The Hall–Kier alpha value is -1.62. The summed E-state index contributed by atoms with van der Waals surface area (Å²) in [6.07, 6.45) is 0.519. The van der Waals surface area contributed by atoms with E-state index in [4.69, 9.17) is 16.0 Å². The predicted molar refractivity (Wildman–Crippen MR) is 54.8 cm³/mol. The molecular weight excluding hydrogens is 218 g/mol. The van der Waals surface area contributed by atoms with Gasteiger partial charge in [0.25, 0.3) is 5.89 Å². The molecular formula is C9H8ClN3O2. The van der Waals surface area contributed by atoms with E-state index in [-0.39, 0.29) is 5.56 Å². The molecule has 2 aromatic heterocycles. The lowest BCUT2D eigenvalue weighted by Gasteiger charge is -1.92. The highest BCUT2D eigenvalue weighted by Gasteiger charge is 2.08. The van der Waals surface area contributed by atoms with E-state index in [1.807, 2.05) is 0 Å². The Bertz CT molecular complexity index is 506. The number of hydrogen-bond acceptors (Lipinski definition) is 4. The molecule has 0 radical (unpaired) electrons. The summed E-state index contributed by atoms with van der Waals surface area (Å²) in [5.74, 6) is 1.19. The van der Waals surface area contributed by atoms with Crippen LogP contribution in [-0.2, 0) is 6.42 Å². The van der Waals surface area contributed by atoms with Crippen molar-refractivity contribution in [1.29, 1.82) is 0 Å². The monoisotopic (exact) mass is 225 g/mol. The first-order valence-electron chi connectivity index (χ1n) is 4.37. The van der Waals surface area contributed by atoms with E-state index in [0.29, 0.717) is 29.8 Å². The minimum atomic E-state index is -0.204. The second-order valence-corrected chi connectivity index (χ2v) is 3.25. The third-order valence-corrected chi connectivity index (χ3v) is 1.96. The average molecular weight is 226 g/mol. The van der Waals surface area contributed by atoms with Gasteiger partial charge in [0.15, 0.2) is 0 Å². The highest BCUT2D eigenvalue weighted by molar-refractivity contribution is 6.17. The van der Waals surface area contributed by atoms with Crippen LogP contribution in [0.2, 0.25) is 0 Å². The maximum atomic E-state index is 11.0. The summed E-state index contributed by atoms with van der Waals surface area (Å²) in [5, 5.41) is 7.59. The standard InChI is InChI=1S/C9H8ClN3O2/c10-5-4-8-12-13-9(15-8)6-2-1-3-7(14)11-6/h1-3H,4-5H2,(H,11,14). The van der Waals surface area contributed by atoms with Gasteiger partial charge in [-0.1, -0.05) is 6.07 Å². The maximum absolute atomic E-state index is 11.0. The fourth-order valence-electron chi connectivity index (χ4n) is 1.12. The molecule has 0 fully saturated rings. The smallest absolute Gasteiger partial charge is 0.264 e. The van der Waals surface area contributed by atoms with Crippen LogP contribution in [0.4, 0.5) is 0 Å². The molecule has 0 amide bonds. The number of aryl methyl sites for hydroxylation is 1. The first-order valence-corrected chi connectivity index (χ1v) is 4.91. The largest absolute Gasteiger partial charge is 0.419 e. The number of hydrogen-bond donors (Lipinski definition) is 1. The molecule has 2 heterocycles. The molecule has 0 saturated carbocycles. The first kappa shape index (κ1) is 9.92. The van der Waals surface area contributed by atoms with Crippen LogP contribution in [0.1, 0.15) is 5.89 Å². The van der Waals surface area contributed by atoms with Crippen molar-refractivity contribution in [2.45, 2.75) is 6.42 Å². The number of nitrogens with one attached hydrogen (secondary N) is 1. The Labute approximate surface area is 90.1 Å². The van der Waals surface area contributed by atoms with Crippen molar-refractivity contribution in [2.75, 3.05) is 5.88 Å². The lowest BCUT2D eigenvalue weighted by Crippen LogP contribution is -2.03. The second-order valence-electron chi connectivity index (χ2n) is 2.87. The van der Waals surface area contributed by atoms with Crippen LogP contribution in [0, 0.1) is 0 Å². The topological polar surface area (TPSA) is 71.8 Å². The second kappa shape index (κ2) is 4.27. The van der Waals surface area contributed by atoms with Crippen LogP contribution in [0.3, 0.4) is 0 Å². The van der Waals surface area contributed by atoms with Gasteiger partial charge in [0.1, 0.15) is 5.69 Å². The maximum Gasteiger partial charge on any atom is 0.264 e. The van der Waals surface area contributed by atoms with Crippen molar-refractivity contribution in [3.8, 4) is 11.6 Å². The molecule has 0 aliphatic heterocycles. The third kappa shape index (κ3) is 2.24. The van der Waals surface area contributed by atoms with Crippen LogP contribution < -0.4 is 5.56 Å². The molecule has 1 N–H and O–H groups in total. The molecule has 6 heteroatoms. The minimum Gasteiger partial charge on any atom is -0.419 e. The summed E-state index contributed by atoms with van der Waals surface area (Å²) >= 11 is 5.53. The number of pyridine rings is 1. The van der Waals surface area contributed by atoms with Crippen molar-refractivity contribution in [1.82, 2.24) is 15.2 Å². The number of aromatic amines is 1. The van der Waals surface area contributed by atoms with E-state index >= 15 is 0 Å². The number of aromatic nitrogens is 3. The molecule has 0 unspecified atom stereocenters. The average Bonchev–Trinajstić information content (AvgIpc) is 2.67. The molecule has 0 aliphatic carbocycles. The SMILES string of the molecule is O=c1cccc(-c2nnc(CCCl)o2)[nH]1. The summed E-state index contributed by atoms with van der Waals surface area (Å²) in [5.41, 5.74) is 0.306. The van der Waals surface area contributed by atoms with Crippen LogP contribution in [0.5, 0.6) is 0 Å². The van der Waals surface area contributed by atoms with Gasteiger partial charge in [0, 0.05) is 18.4 Å². The number of nitrogens with zero attached hydrogens (tertiary/aromatic N) is 2. The van der Waals surface area contributed by atoms with Crippen molar-refractivity contribution in [3.63, 3.8) is 0 Å². The van der Waals surface area contributed by atoms with Gasteiger partial charge in [0.05, 0.1) is 0 Å². The van der Waals surface area contributed by atoms with Crippen molar-refractivity contribution in [2.24, 2.45) is 0 Å². The predicted octanol–water partition coefficient (Wildman–Crippen LogP) is 1.21. The number of H-pyrrole nitrogens is 1. The third-order valence-electron chi connectivity index (χ3n) is 1.77. The van der Waals surface area contributed by atoms with E-state index in [9.17, 15) is 4.79 Å². The first-order chi connectivity index (χ1) is 7.29. The zero-order valence-corrected chi connectivity index (χ0v) is 8.49. The van der Waals surface area contributed by atoms with Gasteiger partial charge in [-0.15, -0.1) is 21.8 Å². The Morgan fingerprint density at radius 3 is 3.00 bits per heavy atom. The van der Waals surface area contributed by atoms with E-state index in [1.54, 1.807) is 12.1 Å².